The van der Waals surface area contributed by atoms with Gasteiger partial charge in [0.15, 0.2) is 0 Å². The van der Waals surface area contributed by atoms with Crippen molar-refractivity contribution in [3.05, 3.63) is 27.7 Å². The van der Waals surface area contributed by atoms with Crippen molar-refractivity contribution >= 4 is 21.9 Å². The molecule has 0 aliphatic heterocycles. The van der Waals surface area contributed by atoms with E-state index < -0.39 is 29.0 Å². The molecule has 0 atom stereocenters. The Balaban J connectivity index is 3.36. The fourth-order valence-electron chi connectivity index (χ4n) is 1.17. The van der Waals surface area contributed by atoms with Crippen molar-refractivity contribution < 1.29 is 27.8 Å². The van der Waals surface area contributed by atoms with Crippen molar-refractivity contribution in [3.63, 3.8) is 0 Å². The van der Waals surface area contributed by atoms with E-state index in [-0.39, 0.29) is 11.1 Å². The Morgan fingerprint density at radius 1 is 1.47 bits per heavy atom. The van der Waals surface area contributed by atoms with Gasteiger partial charge in [-0.3, -0.25) is 0 Å². The number of ether oxygens (including phenoxy) is 1. The van der Waals surface area contributed by atoms with Gasteiger partial charge in [0.1, 0.15) is 5.75 Å². The summed E-state index contributed by atoms with van der Waals surface area (Å²) in [4.78, 5) is 11.4. The minimum absolute atomic E-state index is 0.00597. The number of carbonyl (C=O) groups is 1. The molecule has 0 aromatic heterocycles. The van der Waals surface area contributed by atoms with E-state index in [9.17, 15) is 23.1 Å². The molecule has 7 heteroatoms. The van der Waals surface area contributed by atoms with Gasteiger partial charge in [-0.25, -0.2) is 4.79 Å². The van der Waals surface area contributed by atoms with Crippen molar-refractivity contribution in [2.45, 2.75) is 13.1 Å². The van der Waals surface area contributed by atoms with Crippen LogP contribution in [0.25, 0.3) is 0 Å². The summed E-state index contributed by atoms with van der Waals surface area (Å²) < 4.78 is 42.4. The summed E-state index contributed by atoms with van der Waals surface area (Å²) in [5.41, 5.74) is -1.86. The molecule has 0 aliphatic rings. The van der Waals surface area contributed by atoms with Crippen molar-refractivity contribution in [3.8, 4) is 5.75 Å². The number of phenols is 1. The fraction of sp³-hybridized carbons (Fsp3) is 0.300. The smallest absolute Gasteiger partial charge is 0.417 e. The topological polar surface area (TPSA) is 46.5 Å². The number of hydrogen-bond donors (Lipinski definition) is 1. The zero-order valence-electron chi connectivity index (χ0n) is 8.64. The second-order valence-corrected chi connectivity index (χ2v) is 3.92. The van der Waals surface area contributed by atoms with E-state index in [0.29, 0.717) is 6.07 Å². The molecule has 0 bridgehead atoms. The van der Waals surface area contributed by atoms with Crippen molar-refractivity contribution in [1.29, 1.82) is 0 Å². The zero-order chi connectivity index (χ0) is 13.2. The van der Waals surface area contributed by atoms with Crippen LogP contribution in [0.1, 0.15) is 22.8 Å². The molecule has 0 aliphatic carbocycles. The Morgan fingerprint density at radius 2 is 2.06 bits per heavy atom. The molecule has 1 aromatic rings. The van der Waals surface area contributed by atoms with E-state index >= 15 is 0 Å². The Hall–Kier alpha value is -1.24. The minimum Gasteiger partial charge on any atom is -0.507 e. The van der Waals surface area contributed by atoms with E-state index in [4.69, 9.17) is 0 Å². The van der Waals surface area contributed by atoms with Crippen molar-refractivity contribution in [1.82, 2.24) is 0 Å². The van der Waals surface area contributed by atoms with Gasteiger partial charge in [-0.15, -0.1) is 0 Å². The second-order valence-electron chi connectivity index (χ2n) is 3.07. The Bertz CT molecular complexity index is 443. The zero-order valence-corrected chi connectivity index (χ0v) is 10.2. The lowest BCUT2D eigenvalue weighted by molar-refractivity contribution is -0.138. The highest BCUT2D eigenvalue weighted by Gasteiger charge is 2.36. The molecule has 3 nitrogen and oxygen atoms in total. The summed E-state index contributed by atoms with van der Waals surface area (Å²) in [6, 6.07) is 1.37. The van der Waals surface area contributed by atoms with Gasteiger partial charge in [0.25, 0.3) is 0 Å². The minimum atomic E-state index is -4.74. The Kier molecular flexibility index (Phi) is 4.03. The predicted octanol–water partition coefficient (Wildman–Crippen LogP) is 3.35. The van der Waals surface area contributed by atoms with Crippen molar-refractivity contribution in [2.75, 3.05) is 6.61 Å². The molecule has 1 N–H and O–H groups in total. The molecular weight excluding hydrogens is 305 g/mol. The summed E-state index contributed by atoms with van der Waals surface area (Å²) >= 11 is 2.84. The lowest BCUT2D eigenvalue weighted by atomic mass is 10.1. The third-order valence-electron chi connectivity index (χ3n) is 1.89. The number of halogens is 4. The number of hydrogen-bond acceptors (Lipinski definition) is 3. The lowest BCUT2D eigenvalue weighted by Crippen LogP contribution is -2.15. The predicted molar refractivity (Wildman–Crippen MR) is 56.8 cm³/mol. The van der Waals surface area contributed by atoms with Crippen LogP contribution in [0.3, 0.4) is 0 Å². The normalized spacial score (nSPS) is 11.4. The van der Waals surface area contributed by atoms with Crippen molar-refractivity contribution in [2.24, 2.45) is 0 Å². The standard InChI is InChI=1S/C10H8BrF3O3/c1-2-17-9(16)5-3-7(11)8(15)4-6(5)10(12,13)14/h3-4,15H,2H2,1H3. The molecule has 0 saturated heterocycles. The first-order chi connectivity index (χ1) is 7.77. The van der Waals surface area contributed by atoms with Crippen LogP contribution in [0.15, 0.2) is 16.6 Å². The molecule has 0 unspecified atom stereocenters. The number of aromatic hydroxyl groups is 1. The van der Waals surface area contributed by atoms with Gasteiger partial charge in [-0.1, -0.05) is 0 Å². The molecule has 0 fully saturated rings. The first-order valence-corrected chi connectivity index (χ1v) is 5.33. The first kappa shape index (κ1) is 13.8. The highest BCUT2D eigenvalue weighted by Crippen LogP contribution is 2.37. The van der Waals surface area contributed by atoms with Crippen LogP contribution in [-0.4, -0.2) is 17.7 Å². The lowest BCUT2D eigenvalue weighted by Gasteiger charge is -2.13. The van der Waals surface area contributed by atoms with E-state index in [2.05, 4.69) is 20.7 Å². The van der Waals surface area contributed by atoms with Gasteiger partial charge < -0.3 is 9.84 Å². The number of alkyl halides is 3. The molecule has 0 amide bonds. The van der Waals surface area contributed by atoms with Crippen LogP contribution in [0.5, 0.6) is 5.75 Å². The van der Waals surface area contributed by atoms with Crippen LogP contribution < -0.4 is 0 Å². The maximum absolute atomic E-state index is 12.6. The molecular formula is C10H8BrF3O3. The van der Waals surface area contributed by atoms with E-state index in [1.54, 1.807) is 0 Å². The van der Waals surface area contributed by atoms with Crippen LogP contribution in [0.2, 0.25) is 0 Å². The average Bonchev–Trinajstić information content (AvgIpc) is 2.20. The number of phenolic OH excluding ortho intramolecular Hbond substituents is 1. The number of benzene rings is 1. The van der Waals surface area contributed by atoms with E-state index in [1.807, 2.05) is 0 Å². The number of rotatable bonds is 2. The van der Waals surface area contributed by atoms with Crippen LogP contribution in [0.4, 0.5) is 13.2 Å². The average molecular weight is 313 g/mol. The van der Waals surface area contributed by atoms with Gasteiger partial charge in [-0.2, -0.15) is 13.2 Å². The van der Waals surface area contributed by atoms with Gasteiger partial charge in [0.05, 0.1) is 22.2 Å². The Labute approximate surface area is 103 Å². The first-order valence-electron chi connectivity index (χ1n) is 4.54. The maximum Gasteiger partial charge on any atom is 0.417 e. The molecule has 1 rings (SSSR count). The molecule has 17 heavy (non-hydrogen) atoms. The van der Waals surface area contributed by atoms with Crippen LogP contribution >= 0.6 is 15.9 Å². The second kappa shape index (κ2) is 4.95. The SMILES string of the molecule is CCOC(=O)c1cc(Br)c(O)cc1C(F)(F)F. The number of carbonyl (C=O) groups excluding carboxylic acids is 1. The summed E-state index contributed by atoms with van der Waals surface area (Å²) in [7, 11) is 0. The van der Waals surface area contributed by atoms with Gasteiger partial charge >= 0.3 is 12.1 Å². The van der Waals surface area contributed by atoms with Gasteiger partial charge in [0, 0.05) is 0 Å². The summed E-state index contributed by atoms with van der Waals surface area (Å²) in [5.74, 6) is -1.68. The fourth-order valence-corrected chi connectivity index (χ4v) is 1.52. The largest absolute Gasteiger partial charge is 0.507 e. The molecule has 94 valence electrons. The summed E-state index contributed by atoms with van der Waals surface area (Å²) in [6.07, 6.45) is -4.74. The third-order valence-corrected chi connectivity index (χ3v) is 2.52. The third kappa shape index (κ3) is 3.12. The van der Waals surface area contributed by atoms with Crippen LogP contribution in [0, 0.1) is 0 Å². The summed E-state index contributed by atoms with van der Waals surface area (Å²) in [5, 5.41) is 9.20. The molecule has 0 spiro atoms. The van der Waals surface area contributed by atoms with Gasteiger partial charge in [-0.05, 0) is 35.0 Å². The van der Waals surface area contributed by atoms with E-state index in [0.717, 1.165) is 6.07 Å². The van der Waals surface area contributed by atoms with Crippen LogP contribution in [-0.2, 0) is 10.9 Å². The van der Waals surface area contributed by atoms with E-state index in [1.165, 1.54) is 6.92 Å². The molecule has 0 radical (unpaired) electrons. The van der Waals surface area contributed by atoms with Gasteiger partial charge in [0.2, 0.25) is 0 Å². The molecule has 0 heterocycles. The number of esters is 1. The molecule has 1 aromatic carbocycles. The highest BCUT2D eigenvalue weighted by molar-refractivity contribution is 9.10. The summed E-state index contributed by atoms with van der Waals surface area (Å²) in [6.45, 7) is 1.45. The highest BCUT2D eigenvalue weighted by atomic mass is 79.9. The Morgan fingerprint density at radius 3 is 2.53 bits per heavy atom. The molecule has 0 saturated carbocycles. The quantitative estimate of drug-likeness (QED) is 0.852. The maximum atomic E-state index is 12.6. The monoisotopic (exact) mass is 312 g/mol.